The molecule has 1 heterocycles. The van der Waals surface area contributed by atoms with Crippen molar-refractivity contribution in [3.63, 3.8) is 0 Å². The van der Waals surface area contributed by atoms with E-state index in [9.17, 15) is 4.79 Å². The van der Waals surface area contributed by atoms with Gasteiger partial charge in [-0.05, 0) is 38.3 Å². The number of nitrogens with one attached hydrogen (secondary N) is 1. The summed E-state index contributed by atoms with van der Waals surface area (Å²) in [5.41, 5.74) is 3.67. The topological polar surface area (TPSA) is 42.1 Å². The van der Waals surface area contributed by atoms with Gasteiger partial charge >= 0.3 is 5.97 Å². The first-order valence-corrected chi connectivity index (χ1v) is 5.07. The van der Waals surface area contributed by atoms with Gasteiger partial charge < -0.3 is 9.72 Å². The SMILES string of the molecule is C=CCc1c(C)[nH]c(C(=O)OCC)c1C. The number of carbonyl (C=O) groups excluding carboxylic acids is 1. The molecule has 0 saturated heterocycles. The zero-order valence-corrected chi connectivity index (χ0v) is 9.52. The van der Waals surface area contributed by atoms with E-state index in [0.29, 0.717) is 12.3 Å². The first-order valence-electron chi connectivity index (χ1n) is 5.07. The first kappa shape index (κ1) is 11.6. The minimum Gasteiger partial charge on any atom is -0.461 e. The molecular weight excluding hydrogens is 190 g/mol. The molecule has 0 aliphatic rings. The molecule has 0 aliphatic carbocycles. The molecule has 15 heavy (non-hydrogen) atoms. The molecule has 1 aromatic rings. The lowest BCUT2D eigenvalue weighted by Crippen LogP contribution is -2.06. The van der Waals surface area contributed by atoms with Gasteiger partial charge in [0, 0.05) is 5.69 Å². The van der Waals surface area contributed by atoms with Crippen LogP contribution in [0.4, 0.5) is 0 Å². The molecule has 0 unspecified atom stereocenters. The summed E-state index contributed by atoms with van der Waals surface area (Å²) >= 11 is 0. The van der Waals surface area contributed by atoms with Gasteiger partial charge in [-0.1, -0.05) is 6.08 Å². The van der Waals surface area contributed by atoms with Crippen molar-refractivity contribution >= 4 is 5.97 Å². The molecule has 3 nitrogen and oxygen atoms in total. The van der Waals surface area contributed by atoms with Gasteiger partial charge in [-0.25, -0.2) is 4.79 Å². The second-order valence-corrected chi connectivity index (χ2v) is 3.44. The molecule has 1 aromatic heterocycles. The van der Waals surface area contributed by atoms with Gasteiger partial charge in [-0.3, -0.25) is 0 Å². The maximum atomic E-state index is 11.6. The normalized spacial score (nSPS) is 10.1. The van der Waals surface area contributed by atoms with E-state index in [1.807, 2.05) is 19.9 Å². The molecule has 0 bridgehead atoms. The quantitative estimate of drug-likeness (QED) is 0.609. The third kappa shape index (κ3) is 2.29. The fourth-order valence-electron chi connectivity index (χ4n) is 1.65. The molecule has 0 aliphatic heterocycles. The molecule has 1 N–H and O–H groups in total. The summed E-state index contributed by atoms with van der Waals surface area (Å²) < 4.78 is 4.96. The summed E-state index contributed by atoms with van der Waals surface area (Å²) in [6, 6.07) is 0. The van der Waals surface area contributed by atoms with Crippen LogP contribution in [0.1, 0.15) is 34.2 Å². The Labute approximate surface area is 90.1 Å². The Bertz CT molecular complexity index is 377. The highest BCUT2D eigenvalue weighted by molar-refractivity contribution is 5.89. The molecule has 0 fully saturated rings. The molecule has 0 spiro atoms. The Morgan fingerprint density at radius 3 is 2.73 bits per heavy atom. The van der Waals surface area contributed by atoms with Crippen molar-refractivity contribution < 1.29 is 9.53 Å². The molecule has 0 radical (unpaired) electrons. The number of ether oxygens (including phenoxy) is 1. The number of aryl methyl sites for hydroxylation is 1. The maximum Gasteiger partial charge on any atom is 0.355 e. The van der Waals surface area contributed by atoms with Gasteiger partial charge in [0.1, 0.15) is 5.69 Å². The minimum absolute atomic E-state index is 0.284. The number of esters is 1. The summed E-state index contributed by atoms with van der Waals surface area (Å²) in [4.78, 5) is 14.6. The summed E-state index contributed by atoms with van der Waals surface area (Å²) in [5.74, 6) is -0.284. The van der Waals surface area contributed by atoms with Gasteiger partial charge in [-0.2, -0.15) is 0 Å². The van der Waals surface area contributed by atoms with Crippen molar-refractivity contribution in [2.45, 2.75) is 27.2 Å². The third-order valence-electron chi connectivity index (χ3n) is 2.42. The number of hydrogen-bond acceptors (Lipinski definition) is 2. The number of carbonyl (C=O) groups is 1. The van der Waals surface area contributed by atoms with Crippen LogP contribution in [-0.4, -0.2) is 17.6 Å². The van der Waals surface area contributed by atoms with Crippen molar-refractivity contribution in [2.24, 2.45) is 0 Å². The predicted molar refractivity (Wildman–Crippen MR) is 60.1 cm³/mol. The van der Waals surface area contributed by atoms with Crippen molar-refractivity contribution in [3.8, 4) is 0 Å². The second kappa shape index (κ2) is 4.82. The van der Waals surface area contributed by atoms with Crippen LogP contribution < -0.4 is 0 Å². The minimum atomic E-state index is -0.284. The predicted octanol–water partition coefficient (Wildman–Crippen LogP) is 2.54. The number of aromatic amines is 1. The monoisotopic (exact) mass is 207 g/mol. The number of hydrogen-bond donors (Lipinski definition) is 1. The number of aromatic nitrogens is 1. The summed E-state index contributed by atoms with van der Waals surface area (Å²) in [5, 5.41) is 0. The largest absolute Gasteiger partial charge is 0.461 e. The molecule has 1 rings (SSSR count). The number of allylic oxidation sites excluding steroid dienone is 1. The van der Waals surface area contributed by atoms with Crippen LogP contribution in [0.3, 0.4) is 0 Å². The van der Waals surface area contributed by atoms with E-state index in [4.69, 9.17) is 4.74 Å². The lowest BCUT2D eigenvalue weighted by molar-refractivity contribution is 0.0519. The Morgan fingerprint density at radius 1 is 1.53 bits per heavy atom. The molecule has 0 aromatic carbocycles. The highest BCUT2D eigenvalue weighted by Crippen LogP contribution is 2.19. The fraction of sp³-hybridized carbons (Fsp3) is 0.417. The van der Waals surface area contributed by atoms with Gasteiger partial charge in [0.25, 0.3) is 0 Å². The second-order valence-electron chi connectivity index (χ2n) is 3.44. The number of H-pyrrole nitrogens is 1. The molecule has 82 valence electrons. The molecule has 3 heteroatoms. The van der Waals surface area contributed by atoms with Crippen LogP contribution in [0, 0.1) is 13.8 Å². The van der Waals surface area contributed by atoms with Crippen LogP contribution in [0.2, 0.25) is 0 Å². The average molecular weight is 207 g/mol. The van der Waals surface area contributed by atoms with E-state index in [1.165, 1.54) is 0 Å². The first-order chi connectivity index (χ1) is 7.11. The van der Waals surface area contributed by atoms with Gasteiger partial charge in [0.2, 0.25) is 0 Å². The van der Waals surface area contributed by atoms with Crippen LogP contribution in [0.15, 0.2) is 12.7 Å². The van der Waals surface area contributed by atoms with E-state index >= 15 is 0 Å². The van der Waals surface area contributed by atoms with Crippen LogP contribution in [0.5, 0.6) is 0 Å². The lowest BCUT2D eigenvalue weighted by atomic mass is 10.1. The van der Waals surface area contributed by atoms with Gasteiger partial charge in [0.15, 0.2) is 0 Å². The van der Waals surface area contributed by atoms with Crippen LogP contribution >= 0.6 is 0 Å². The van der Waals surface area contributed by atoms with Gasteiger partial charge in [0.05, 0.1) is 6.61 Å². The Balaban J connectivity index is 3.05. The third-order valence-corrected chi connectivity index (χ3v) is 2.42. The Kier molecular flexibility index (Phi) is 3.72. The summed E-state index contributed by atoms with van der Waals surface area (Å²) in [7, 11) is 0. The summed E-state index contributed by atoms with van der Waals surface area (Å²) in [6.45, 7) is 9.77. The highest BCUT2D eigenvalue weighted by Gasteiger charge is 2.16. The molecular formula is C12H17NO2. The lowest BCUT2D eigenvalue weighted by Gasteiger charge is -2.00. The molecule has 0 saturated carbocycles. The molecule has 0 atom stereocenters. The fourth-order valence-corrected chi connectivity index (χ4v) is 1.65. The zero-order chi connectivity index (χ0) is 11.4. The highest BCUT2D eigenvalue weighted by atomic mass is 16.5. The van der Waals surface area contributed by atoms with E-state index in [-0.39, 0.29) is 5.97 Å². The van der Waals surface area contributed by atoms with E-state index < -0.39 is 0 Å². The van der Waals surface area contributed by atoms with E-state index in [0.717, 1.165) is 23.2 Å². The Hall–Kier alpha value is -1.51. The van der Waals surface area contributed by atoms with Crippen LogP contribution in [0.25, 0.3) is 0 Å². The number of rotatable bonds is 4. The van der Waals surface area contributed by atoms with Crippen molar-refractivity contribution in [1.82, 2.24) is 4.98 Å². The van der Waals surface area contributed by atoms with Crippen molar-refractivity contribution in [2.75, 3.05) is 6.61 Å². The average Bonchev–Trinajstić information content (AvgIpc) is 2.47. The Morgan fingerprint density at radius 2 is 2.20 bits per heavy atom. The summed E-state index contributed by atoms with van der Waals surface area (Å²) in [6.07, 6.45) is 2.60. The van der Waals surface area contributed by atoms with Crippen molar-refractivity contribution in [3.05, 3.63) is 35.2 Å². The standard InChI is InChI=1S/C12H17NO2/c1-5-7-10-8(3)11(13-9(10)4)12(14)15-6-2/h5,13H,1,6-7H2,2-4H3. The van der Waals surface area contributed by atoms with Crippen LogP contribution in [-0.2, 0) is 11.2 Å². The van der Waals surface area contributed by atoms with Crippen molar-refractivity contribution in [1.29, 1.82) is 0 Å². The molecule has 0 amide bonds. The smallest absolute Gasteiger partial charge is 0.355 e. The zero-order valence-electron chi connectivity index (χ0n) is 9.52. The maximum absolute atomic E-state index is 11.6. The van der Waals surface area contributed by atoms with Gasteiger partial charge in [-0.15, -0.1) is 6.58 Å². The van der Waals surface area contributed by atoms with E-state index in [1.54, 1.807) is 6.92 Å². The van der Waals surface area contributed by atoms with E-state index in [2.05, 4.69) is 11.6 Å².